The Bertz CT molecular complexity index is 1170. The average Bonchev–Trinajstić information content (AvgIpc) is 2.73. The van der Waals surface area contributed by atoms with Gasteiger partial charge in [0.05, 0.1) is 22.8 Å². The number of carbonyl (C=O) groups is 2. The molecule has 32 heavy (non-hydrogen) atoms. The van der Waals surface area contributed by atoms with Gasteiger partial charge < -0.3 is 14.8 Å². The maximum atomic E-state index is 13.0. The van der Waals surface area contributed by atoms with Crippen molar-refractivity contribution in [2.75, 3.05) is 24.4 Å². The minimum absolute atomic E-state index is 0.211. The number of nitrogens with zero attached hydrogens (tertiary/aromatic N) is 3. The fraction of sp³-hybridized carbons (Fsp3) is 0.273. The Morgan fingerprint density at radius 3 is 2.31 bits per heavy atom. The molecule has 2 heterocycles. The van der Waals surface area contributed by atoms with E-state index in [9.17, 15) is 9.59 Å². The van der Waals surface area contributed by atoms with Gasteiger partial charge in [-0.1, -0.05) is 23.2 Å². The molecule has 0 aliphatic rings. The minimum atomic E-state index is -0.652. The molecule has 3 aromatic rings. The van der Waals surface area contributed by atoms with Crippen molar-refractivity contribution in [3.63, 3.8) is 0 Å². The Balaban J connectivity index is 2.01. The molecule has 0 unspecified atom stereocenters. The summed E-state index contributed by atoms with van der Waals surface area (Å²) in [7, 11) is 3.05. The zero-order chi connectivity index (χ0) is 23.6. The number of pyridine rings is 2. The predicted octanol–water partition coefficient (Wildman–Crippen LogP) is 5.57. The van der Waals surface area contributed by atoms with Crippen LogP contribution in [-0.2, 0) is 4.74 Å². The van der Waals surface area contributed by atoms with Gasteiger partial charge in [-0.05, 0) is 45.0 Å². The molecule has 0 bridgehead atoms. The van der Waals surface area contributed by atoms with Crippen LogP contribution in [0.25, 0.3) is 10.9 Å². The first-order valence-electron chi connectivity index (χ1n) is 9.56. The molecule has 0 aliphatic heterocycles. The van der Waals surface area contributed by atoms with E-state index in [2.05, 4.69) is 15.3 Å². The largest absolute Gasteiger partial charge is 0.494 e. The summed E-state index contributed by atoms with van der Waals surface area (Å²) in [6.45, 7) is 5.34. The molecule has 0 fully saturated rings. The van der Waals surface area contributed by atoms with E-state index in [1.54, 1.807) is 52.1 Å². The summed E-state index contributed by atoms with van der Waals surface area (Å²) in [6.07, 6.45) is 2.21. The van der Waals surface area contributed by atoms with Crippen molar-refractivity contribution >= 4 is 57.6 Å². The van der Waals surface area contributed by atoms with Crippen LogP contribution in [0.4, 0.5) is 16.3 Å². The first-order valence-corrected chi connectivity index (χ1v) is 10.3. The zero-order valence-electron chi connectivity index (χ0n) is 18.2. The minimum Gasteiger partial charge on any atom is -0.494 e. The highest BCUT2D eigenvalue weighted by atomic mass is 35.5. The summed E-state index contributed by atoms with van der Waals surface area (Å²) in [4.78, 5) is 35.1. The summed E-state index contributed by atoms with van der Waals surface area (Å²) < 4.78 is 10.8. The van der Waals surface area contributed by atoms with Gasteiger partial charge in [0.2, 0.25) is 0 Å². The molecule has 168 valence electrons. The molecule has 2 aromatic heterocycles. The number of amides is 2. The normalized spacial score (nSPS) is 11.2. The van der Waals surface area contributed by atoms with Gasteiger partial charge in [-0.25, -0.2) is 9.78 Å². The third-order valence-corrected chi connectivity index (χ3v) is 4.95. The lowest BCUT2D eigenvalue weighted by molar-refractivity contribution is 0.0588. The molecule has 1 aromatic carbocycles. The van der Waals surface area contributed by atoms with Gasteiger partial charge in [0, 0.05) is 30.4 Å². The van der Waals surface area contributed by atoms with E-state index in [0.29, 0.717) is 28.0 Å². The summed E-state index contributed by atoms with van der Waals surface area (Å²) in [5, 5.41) is 3.65. The average molecular weight is 477 g/mol. The number of nitrogens with one attached hydrogen (secondary N) is 1. The first kappa shape index (κ1) is 23.6. The smallest absolute Gasteiger partial charge is 0.415 e. The summed E-state index contributed by atoms with van der Waals surface area (Å²) in [6, 6.07) is 6.54. The predicted molar refractivity (Wildman–Crippen MR) is 125 cm³/mol. The van der Waals surface area contributed by atoms with Gasteiger partial charge >= 0.3 is 6.09 Å². The molecule has 0 spiro atoms. The molecular formula is C22H22Cl2N4O4. The maximum absolute atomic E-state index is 13.0. The number of methoxy groups -OCH3 is 1. The number of benzene rings is 1. The van der Waals surface area contributed by atoms with Crippen LogP contribution in [0.3, 0.4) is 0 Å². The highest BCUT2D eigenvalue weighted by molar-refractivity contribution is 6.39. The third-order valence-electron chi connectivity index (χ3n) is 4.37. The summed E-state index contributed by atoms with van der Waals surface area (Å²) >= 11 is 12.2. The van der Waals surface area contributed by atoms with Gasteiger partial charge in [-0.3, -0.25) is 14.7 Å². The summed E-state index contributed by atoms with van der Waals surface area (Å²) in [5.41, 5.74) is 0.330. The number of rotatable bonds is 4. The maximum Gasteiger partial charge on any atom is 0.415 e. The van der Waals surface area contributed by atoms with Crippen LogP contribution in [0, 0.1) is 0 Å². The van der Waals surface area contributed by atoms with Crippen molar-refractivity contribution in [2.24, 2.45) is 0 Å². The molecule has 8 nitrogen and oxygen atoms in total. The van der Waals surface area contributed by atoms with Gasteiger partial charge in [0.1, 0.15) is 22.7 Å². The van der Waals surface area contributed by atoms with Crippen molar-refractivity contribution in [3.8, 4) is 5.75 Å². The van der Waals surface area contributed by atoms with Gasteiger partial charge in [-0.15, -0.1) is 0 Å². The van der Waals surface area contributed by atoms with Crippen molar-refractivity contribution in [1.29, 1.82) is 0 Å². The number of hydrogen-bond donors (Lipinski definition) is 1. The number of anilines is 2. The Hall–Kier alpha value is -3.10. The van der Waals surface area contributed by atoms with Crippen molar-refractivity contribution < 1.29 is 19.1 Å². The van der Waals surface area contributed by atoms with Crippen LogP contribution in [-0.4, -0.2) is 41.7 Å². The monoisotopic (exact) mass is 476 g/mol. The zero-order valence-corrected chi connectivity index (χ0v) is 19.7. The standard InChI is InChI=1S/C22H22Cl2N4O4/c1-22(2,3)32-21(30)28(4)17-9-7-12-13(6-8-16(31-5)18(12)26-17)20(29)27-19-14(23)10-25-11-15(19)24/h6-11H,1-5H3,(H,25,27,29). The molecular weight excluding hydrogens is 455 g/mol. The second-order valence-corrected chi connectivity index (χ2v) is 8.67. The van der Waals surface area contributed by atoms with E-state index >= 15 is 0 Å². The van der Waals surface area contributed by atoms with Crippen LogP contribution in [0.15, 0.2) is 36.7 Å². The van der Waals surface area contributed by atoms with E-state index in [4.69, 9.17) is 32.7 Å². The SMILES string of the molecule is COc1ccc(C(=O)Nc2c(Cl)cncc2Cl)c2ccc(N(C)C(=O)OC(C)(C)C)nc12. The first-order chi connectivity index (χ1) is 15.0. The number of carbonyl (C=O) groups excluding carboxylic acids is 2. The topological polar surface area (TPSA) is 93.7 Å². The number of ether oxygens (including phenoxy) is 2. The molecule has 1 N–H and O–H groups in total. The van der Waals surface area contributed by atoms with Gasteiger partial charge in [-0.2, -0.15) is 0 Å². The Morgan fingerprint density at radius 2 is 1.72 bits per heavy atom. The third kappa shape index (κ3) is 5.03. The Morgan fingerprint density at radius 1 is 1.06 bits per heavy atom. The van der Waals surface area contributed by atoms with E-state index in [1.807, 2.05) is 0 Å². The van der Waals surface area contributed by atoms with Gasteiger partial charge in [0.15, 0.2) is 0 Å². The number of fused-ring (bicyclic) bond motifs is 1. The molecule has 0 radical (unpaired) electrons. The Labute approximate surface area is 195 Å². The van der Waals surface area contributed by atoms with Crippen LogP contribution in [0.5, 0.6) is 5.75 Å². The van der Waals surface area contributed by atoms with Crippen LogP contribution >= 0.6 is 23.2 Å². The molecule has 3 rings (SSSR count). The van der Waals surface area contributed by atoms with E-state index in [-0.39, 0.29) is 15.7 Å². The number of aromatic nitrogens is 2. The molecule has 0 aliphatic carbocycles. The van der Waals surface area contributed by atoms with Gasteiger partial charge in [0.25, 0.3) is 5.91 Å². The van der Waals surface area contributed by atoms with E-state index in [1.165, 1.54) is 24.4 Å². The van der Waals surface area contributed by atoms with E-state index < -0.39 is 17.6 Å². The van der Waals surface area contributed by atoms with Crippen molar-refractivity contribution in [1.82, 2.24) is 9.97 Å². The molecule has 0 saturated carbocycles. The lowest BCUT2D eigenvalue weighted by Gasteiger charge is -2.24. The second kappa shape index (κ2) is 9.18. The molecule has 2 amide bonds. The highest BCUT2D eigenvalue weighted by Gasteiger charge is 2.23. The van der Waals surface area contributed by atoms with Crippen LogP contribution < -0.4 is 15.0 Å². The fourth-order valence-corrected chi connectivity index (χ4v) is 3.33. The lowest BCUT2D eigenvalue weighted by atomic mass is 10.1. The summed E-state index contributed by atoms with van der Waals surface area (Å²) in [5.74, 6) is 0.335. The quantitative estimate of drug-likeness (QED) is 0.528. The molecule has 10 heteroatoms. The molecule has 0 atom stereocenters. The highest BCUT2D eigenvalue weighted by Crippen LogP contribution is 2.32. The van der Waals surface area contributed by atoms with Crippen molar-refractivity contribution in [3.05, 3.63) is 52.3 Å². The second-order valence-electron chi connectivity index (χ2n) is 7.85. The van der Waals surface area contributed by atoms with E-state index in [0.717, 1.165) is 0 Å². The fourth-order valence-electron chi connectivity index (χ4n) is 2.87. The van der Waals surface area contributed by atoms with Crippen molar-refractivity contribution in [2.45, 2.75) is 26.4 Å². The number of halogens is 2. The van der Waals surface area contributed by atoms with Crippen LogP contribution in [0.2, 0.25) is 10.0 Å². The number of hydrogen-bond acceptors (Lipinski definition) is 6. The Kier molecular flexibility index (Phi) is 6.76. The van der Waals surface area contributed by atoms with Crippen LogP contribution in [0.1, 0.15) is 31.1 Å². The molecule has 0 saturated heterocycles. The lowest BCUT2D eigenvalue weighted by Crippen LogP contribution is -2.34.